The zero-order valence-electron chi connectivity index (χ0n) is 4.50. The van der Waals surface area contributed by atoms with Gasteiger partial charge >= 0.3 is 0 Å². The van der Waals surface area contributed by atoms with Crippen LogP contribution in [-0.4, -0.2) is 10.2 Å². The smallest absolute Gasteiger partial charge is 0.116 e. The maximum Gasteiger partial charge on any atom is 0.116 e. The average molecular weight is 126 g/mol. The lowest BCUT2D eigenvalue weighted by Crippen LogP contribution is -1.83. The Bertz CT molecular complexity index is 149. The monoisotopic (exact) mass is 126 g/mol. The zero-order chi connectivity index (χ0) is 5.98. The lowest BCUT2D eigenvalue weighted by Gasteiger charge is -1.86. The van der Waals surface area contributed by atoms with Crippen LogP contribution in [0.2, 0.25) is 0 Å². The molecule has 1 heterocycles. The van der Waals surface area contributed by atoms with E-state index in [4.69, 9.17) is 0 Å². The standard InChI is InChI=1S/C5H6N2S/c1-4-2-3-5(8)7-6-4/h2-3H,1H3,(H,7,8). The predicted molar refractivity (Wildman–Crippen MR) is 34.0 cm³/mol. The topological polar surface area (TPSA) is 25.8 Å². The van der Waals surface area contributed by atoms with Crippen molar-refractivity contribution in [2.24, 2.45) is 0 Å². The second kappa shape index (κ2) is 2.13. The summed E-state index contributed by atoms with van der Waals surface area (Å²) < 4.78 is 0. The Morgan fingerprint density at radius 2 is 2.12 bits per heavy atom. The van der Waals surface area contributed by atoms with Gasteiger partial charge in [0, 0.05) is 0 Å². The number of thiol groups is 1. The second-order valence-corrected chi connectivity index (χ2v) is 1.99. The van der Waals surface area contributed by atoms with Gasteiger partial charge in [0.25, 0.3) is 0 Å². The molecule has 1 aromatic heterocycles. The third kappa shape index (κ3) is 1.20. The van der Waals surface area contributed by atoms with Gasteiger partial charge in [0.1, 0.15) is 5.03 Å². The van der Waals surface area contributed by atoms with Crippen LogP contribution in [0.1, 0.15) is 5.69 Å². The van der Waals surface area contributed by atoms with Crippen molar-refractivity contribution in [3.63, 3.8) is 0 Å². The molecular weight excluding hydrogens is 120 g/mol. The summed E-state index contributed by atoms with van der Waals surface area (Å²) in [4.78, 5) is 0. The first-order chi connectivity index (χ1) is 3.79. The third-order valence-electron chi connectivity index (χ3n) is 0.784. The number of hydrogen-bond donors (Lipinski definition) is 1. The molecule has 0 amide bonds. The summed E-state index contributed by atoms with van der Waals surface area (Å²) in [5, 5.41) is 8.11. The molecule has 1 rings (SSSR count). The fraction of sp³-hybridized carbons (Fsp3) is 0.200. The Kier molecular flexibility index (Phi) is 1.48. The maximum absolute atomic E-state index is 3.96. The van der Waals surface area contributed by atoms with E-state index >= 15 is 0 Å². The van der Waals surface area contributed by atoms with Crippen molar-refractivity contribution in [2.45, 2.75) is 11.9 Å². The van der Waals surface area contributed by atoms with E-state index in [0.717, 1.165) is 5.69 Å². The molecule has 0 fully saturated rings. The van der Waals surface area contributed by atoms with Crippen LogP contribution in [0.3, 0.4) is 0 Å². The van der Waals surface area contributed by atoms with Crippen LogP contribution in [0.25, 0.3) is 0 Å². The van der Waals surface area contributed by atoms with Gasteiger partial charge in [0.15, 0.2) is 0 Å². The van der Waals surface area contributed by atoms with E-state index in [-0.39, 0.29) is 0 Å². The number of hydrogen-bond acceptors (Lipinski definition) is 3. The lowest BCUT2D eigenvalue weighted by molar-refractivity contribution is 0.899. The van der Waals surface area contributed by atoms with Gasteiger partial charge in [-0.1, -0.05) is 0 Å². The van der Waals surface area contributed by atoms with Gasteiger partial charge in [-0.25, -0.2) is 0 Å². The highest BCUT2D eigenvalue weighted by Gasteiger charge is 1.83. The molecule has 0 spiro atoms. The molecule has 0 bridgehead atoms. The SMILES string of the molecule is Cc1ccc(S)nn1. The van der Waals surface area contributed by atoms with Gasteiger partial charge in [0.05, 0.1) is 5.69 Å². The molecule has 0 saturated heterocycles. The van der Waals surface area contributed by atoms with Crippen LogP contribution in [-0.2, 0) is 0 Å². The van der Waals surface area contributed by atoms with E-state index in [9.17, 15) is 0 Å². The van der Waals surface area contributed by atoms with Crippen molar-refractivity contribution in [1.82, 2.24) is 10.2 Å². The van der Waals surface area contributed by atoms with E-state index < -0.39 is 0 Å². The molecule has 42 valence electrons. The summed E-state index contributed by atoms with van der Waals surface area (Å²) in [6, 6.07) is 3.68. The minimum Gasteiger partial charge on any atom is -0.155 e. The molecule has 1 aromatic rings. The molecular formula is C5H6N2S. The number of aryl methyl sites for hydroxylation is 1. The summed E-state index contributed by atoms with van der Waals surface area (Å²) in [5.74, 6) is 0. The first-order valence-corrected chi connectivity index (χ1v) is 2.73. The van der Waals surface area contributed by atoms with Crippen molar-refractivity contribution in [3.8, 4) is 0 Å². The minimum atomic E-state index is 0.663. The Labute approximate surface area is 53.4 Å². The van der Waals surface area contributed by atoms with E-state index in [2.05, 4.69) is 22.8 Å². The minimum absolute atomic E-state index is 0.663. The highest BCUT2D eigenvalue weighted by molar-refractivity contribution is 7.80. The van der Waals surface area contributed by atoms with Crippen LogP contribution < -0.4 is 0 Å². The van der Waals surface area contributed by atoms with Crippen molar-refractivity contribution in [2.75, 3.05) is 0 Å². The van der Waals surface area contributed by atoms with Crippen molar-refractivity contribution < 1.29 is 0 Å². The lowest BCUT2D eigenvalue weighted by atomic mass is 10.4. The fourth-order valence-electron chi connectivity index (χ4n) is 0.392. The summed E-state index contributed by atoms with van der Waals surface area (Å²) in [7, 11) is 0. The van der Waals surface area contributed by atoms with Crippen molar-refractivity contribution in [3.05, 3.63) is 17.8 Å². The van der Waals surface area contributed by atoms with Gasteiger partial charge in [0.2, 0.25) is 0 Å². The van der Waals surface area contributed by atoms with Gasteiger partial charge in [-0.3, -0.25) is 0 Å². The normalized spacial score (nSPS) is 9.25. The number of nitrogens with zero attached hydrogens (tertiary/aromatic N) is 2. The molecule has 0 saturated carbocycles. The molecule has 0 atom stereocenters. The van der Waals surface area contributed by atoms with E-state index in [1.54, 1.807) is 0 Å². The number of aromatic nitrogens is 2. The van der Waals surface area contributed by atoms with Crippen molar-refractivity contribution >= 4 is 12.6 Å². The molecule has 2 nitrogen and oxygen atoms in total. The Morgan fingerprint density at radius 1 is 1.38 bits per heavy atom. The number of rotatable bonds is 0. The summed E-state index contributed by atoms with van der Waals surface area (Å²) in [6.45, 7) is 1.89. The second-order valence-electron chi connectivity index (χ2n) is 1.53. The van der Waals surface area contributed by atoms with E-state index in [1.807, 2.05) is 19.1 Å². The molecule has 0 aliphatic carbocycles. The molecule has 0 aromatic carbocycles. The van der Waals surface area contributed by atoms with Gasteiger partial charge in [-0.15, -0.1) is 17.7 Å². The predicted octanol–water partition coefficient (Wildman–Crippen LogP) is 1.07. The zero-order valence-corrected chi connectivity index (χ0v) is 5.39. The molecule has 0 unspecified atom stereocenters. The van der Waals surface area contributed by atoms with Crippen molar-refractivity contribution in [1.29, 1.82) is 0 Å². The van der Waals surface area contributed by atoms with E-state index in [0.29, 0.717) is 5.03 Å². The van der Waals surface area contributed by atoms with E-state index in [1.165, 1.54) is 0 Å². The van der Waals surface area contributed by atoms with Crippen LogP contribution in [0, 0.1) is 6.92 Å². The summed E-state index contributed by atoms with van der Waals surface area (Å²) in [5.41, 5.74) is 0.919. The molecule has 8 heavy (non-hydrogen) atoms. The maximum atomic E-state index is 3.96. The molecule has 3 heteroatoms. The van der Waals surface area contributed by atoms with Crippen LogP contribution >= 0.6 is 12.6 Å². The third-order valence-corrected chi connectivity index (χ3v) is 1.02. The molecule has 0 aliphatic rings. The van der Waals surface area contributed by atoms with Gasteiger partial charge < -0.3 is 0 Å². The van der Waals surface area contributed by atoms with Gasteiger partial charge in [-0.2, -0.15) is 5.10 Å². The first kappa shape index (κ1) is 5.56. The Morgan fingerprint density at radius 3 is 2.50 bits per heavy atom. The summed E-state index contributed by atoms with van der Waals surface area (Å²) in [6.07, 6.45) is 0. The van der Waals surface area contributed by atoms with Gasteiger partial charge in [-0.05, 0) is 19.1 Å². The Balaban J connectivity index is 3.03. The van der Waals surface area contributed by atoms with Crippen LogP contribution in [0.4, 0.5) is 0 Å². The molecule has 0 aliphatic heterocycles. The highest BCUT2D eigenvalue weighted by atomic mass is 32.1. The average Bonchev–Trinajstić information content (AvgIpc) is 1.77. The quantitative estimate of drug-likeness (QED) is 0.526. The fourth-order valence-corrected chi connectivity index (χ4v) is 0.511. The first-order valence-electron chi connectivity index (χ1n) is 2.28. The summed E-state index contributed by atoms with van der Waals surface area (Å²) >= 11 is 3.96. The van der Waals surface area contributed by atoms with Crippen LogP contribution in [0.15, 0.2) is 17.2 Å². The highest BCUT2D eigenvalue weighted by Crippen LogP contribution is 1.97. The Hall–Kier alpha value is -0.570. The largest absolute Gasteiger partial charge is 0.155 e. The van der Waals surface area contributed by atoms with Crippen LogP contribution in [0.5, 0.6) is 0 Å². The molecule has 0 radical (unpaired) electrons. The molecule has 0 N–H and O–H groups in total.